The van der Waals surface area contributed by atoms with Gasteiger partial charge in [-0.15, -0.1) is 0 Å². The molecule has 1 atom stereocenters. The molecule has 4 nitrogen and oxygen atoms in total. The van der Waals surface area contributed by atoms with Crippen LogP contribution in [0.3, 0.4) is 0 Å². The van der Waals surface area contributed by atoms with Crippen LogP contribution >= 0.6 is 0 Å². The van der Waals surface area contributed by atoms with E-state index in [4.69, 9.17) is 0 Å². The van der Waals surface area contributed by atoms with Crippen LogP contribution in [-0.4, -0.2) is 55.2 Å². The van der Waals surface area contributed by atoms with Gasteiger partial charge in [0.1, 0.15) is 0 Å². The monoisotopic (exact) mass is 219 g/mol. The molecule has 0 radical (unpaired) electrons. The predicted molar refractivity (Wildman–Crippen MR) is 53.9 cm³/mol. The van der Waals surface area contributed by atoms with Gasteiger partial charge in [0.25, 0.3) is 0 Å². The Morgan fingerprint density at radius 1 is 1.14 bits per heavy atom. The Bertz CT molecular complexity index is 293. The normalized spacial score (nSPS) is 34.8. The Morgan fingerprint density at radius 3 is 2.29 bits per heavy atom. The quantitative estimate of drug-likeness (QED) is 0.654. The summed E-state index contributed by atoms with van der Waals surface area (Å²) in [6, 6.07) is 0.215. The van der Waals surface area contributed by atoms with Crippen molar-refractivity contribution in [1.82, 2.24) is 4.90 Å². The number of aliphatic hydroxyl groups is 1. The van der Waals surface area contributed by atoms with Crippen LogP contribution in [0.1, 0.15) is 19.3 Å². The lowest BCUT2D eigenvalue weighted by Crippen LogP contribution is -2.43. The van der Waals surface area contributed by atoms with Crippen LogP contribution in [0.2, 0.25) is 0 Å². The zero-order valence-electron chi connectivity index (χ0n) is 8.22. The van der Waals surface area contributed by atoms with Gasteiger partial charge in [-0.1, -0.05) is 0 Å². The zero-order valence-corrected chi connectivity index (χ0v) is 9.04. The summed E-state index contributed by atoms with van der Waals surface area (Å²) in [6.07, 6.45) is 2.18. The number of aliphatic hydroxyl groups excluding tert-OH is 1. The molecule has 0 spiro atoms. The van der Waals surface area contributed by atoms with E-state index in [1.807, 2.05) is 0 Å². The van der Waals surface area contributed by atoms with Crippen molar-refractivity contribution < 1.29 is 13.5 Å². The van der Waals surface area contributed by atoms with E-state index >= 15 is 0 Å². The molecule has 0 aromatic carbocycles. The Balaban J connectivity index is 1.91. The average Bonchev–Trinajstić information content (AvgIpc) is 2.47. The minimum Gasteiger partial charge on any atom is -0.393 e. The van der Waals surface area contributed by atoms with Gasteiger partial charge in [-0.3, -0.25) is 4.90 Å². The van der Waals surface area contributed by atoms with Crippen molar-refractivity contribution in [3.8, 4) is 0 Å². The van der Waals surface area contributed by atoms with Gasteiger partial charge in [-0.05, 0) is 19.3 Å². The Labute approximate surface area is 84.8 Å². The van der Waals surface area contributed by atoms with Crippen molar-refractivity contribution >= 4 is 9.84 Å². The van der Waals surface area contributed by atoms with Gasteiger partial charge in [-0.2, -0.15) is 0 Å². The first-order valence-electron chi connectivity index (χ1n) is 5.19. The number of hydrogen-bond donors (Lipinski definition) is 1. The third-order valence-electron chi connectivity index (χ3n) is 3.22. The van der Waals surface area contributed by atoms with Gasteiger partial charge in [0.2, 0.25) is 0 Å². The van der Waals surface area contributed by atoms with Crippen LogP contribution < -0.4 is 0 Å². The van der Waals surface area contributed by atoms with E-state index in [1.165, 1.54) is 0 Å². The molecular weight excluding hydrogens is 202 g/mol. The lowest BCUT2D eigenvalue weighted by atomic mass is 10.1. The van der Waals surface area contributed by atoms with Crippen molar-refractivity contribution in [2.45, 2.75) is 31.4 Å². The summed E-state index contributed by atoms with van der Waals surface area (Å²) in [6.45, 7) is 1.70. The predicted octanol–water partition coefficient (Wildman–Crippen LogP) is -0.370. The molecule has 82 valence electrons. The molecule has 2 aliphatic heterocycles. The Kier molecular flexibility index (Phi) is 2.81. The van der Waals surface area contributed by atoms with Crippen molar-refractivity contribution in [2.24, 2.45) is 0 Å². The highest BCUT2D eigenvalue weighted by Gasteiger charge is 2.33. The number of hydrogen-bond acceptors (Lipinski definition) is 4. The van der Waals surface area contributed by atoms with Gasteiger partial charge in [0, 0.05) is 19.1 Å². The Morgan fingerprint density at radius 2 is 1.79 bits per heavy atom. The van der Waals surface area contributed by atoms with E-state index in [0.29, 0.717) is 11.5 Å². The molecule has 0 saturated carbocycles. The van der Waals surface area contributed by atoms with E-state index in [-0.39, 0.29) is 12.1 Å². The number of likely N-dealkylation sites (tertiary alicyclic amines) is 1. The van der Waals surface area contributed by atoms with Gasteiger partial charge in [-0.25, -0.2) is 8.42 Å². The number of piperidine rings is 1. The molecule has 2 aliphatic rings. The van der Waals surface area contributed by atoms with Crippen molar-refractivity contribution in [3.05, 3.63) is 0 Å². The first-order chi connectivity index (χ1) is 6.57. The summed E-state index contributed by atoms with van der Waals surface area (Å²) < 4.78 is 22.5. The molecule has 0 bridgehead atoms. The maximum Gasteiger partial charge on any atom is 0.151 e. The molecular formula is C9H17NO3S. The summed E-state index contributed by atoms with van der Waals surface area (Å²) in [7, 11) is -2.76. The highest BCUT2D eigenvalue weighted by atomic mass is 32.2. The molecule has 2 fully saturated rings. The van der Waals surface area contributed by atoms with E-state index in [1.54, 1.807) is 0 Å². The fourth-order valence-corrected chi connectivity index (χ4v) is 4.08. The van der Waals surface area contributed by atoms with Crippen LogP contribution in [0, 0.1) is 0 Å². The lowest BCUT2D eigenvalue weighted by molar-refractivity contribution is 0.0662. The topological polar surface area (TPSA) is 57.6 Å². The largest absolute Gasteiger partial charge is 0.393 e. The van der Waals surface area contributed by atoms with Crippen LogP contribution in [0.5, 0.6) is 0 Å². The van der Waals surface area contributed by atoms with Gasteiger partial charge in [0.05, 0.1) is 17.6 Å². The molecule has 0 aromatic rings. The summed E-state index contributed by atoms with van der Waals surface area (Å²) in [5, 5.41) is 9.33. The van der Waals surface area contributed by atoms with Gasteiger partial charge in [0.15, 0.2) is 9.84 Å². The maximum absolute atomic E-state index is 11.3. The second kappa shape index (κ2) is 3.79. The first-order valence-corrected chi connectivity index (χ1v) is 7.01. The van der Waals surface area contributed by atoms with Gasteiger partial charge >= 0.3 is 0 Å². The molecule has 0 amide bonds. The molecule has 1 unspecified atom stereocenters. The fraction of sp³-hybridized carbons (Fsp3) is 1.00. The number of rotatable bonds is 1. The first kappa shape index (κ1) is 10.4. The van der Waals surface area contributed by atoms with Crippen LogP contribution in [0.15, 0.2) is 0 Å². The third-order valence-corrected chi connectivity index (χ3v) is 4.97. The molecule has 2 rings (SSSR count). The number of sulfone groups is 1. The minimum atomic E-state index is -2.76. The van der Waals surface area contributed by atoms with Crippen LogP contribution in [-0.2, 0) is 9.84 Å². The molecule has 2 saturated heterocycles. The van der Waals surface area contributed by atoms with E-state index in [2.05, 4.69) is 4.90 Å². The standard InChI is InChI=1S/C9H17NO3S/c11-9-1-4-10(5-2-9)8-3-6-14(12,13)7-8/h8-9,11H,1-7H2. The third kappa shape index (κ3) is 2.27. The van der Waals surface area contributed by atoms with Crippen molar-refractivity contribution in [1.29, 1.82) is 0 Å². The highest BCUT2D eigenvalue weighted by molar-refractivity contribution is 7.91. The molecule has 2 heterocycles. The molecule has 1 N–H and O–H groups in total. The second-order valence-corrected chi connectivity index (χ2v) is 6.55. The van der Waals surface area contributed by atoms with Crippen molar-refractivity contribution in [3.63, 3.8) is 0 Å². The van der Waals surface area contributed by atoms with E-state index in [9.17, 15) is 13.5 Å². The fourth-order valence-electron chi connectivity index (χ4n) is 2.31. The smallest absolute Gasteiger partial charge is 0.151 e. The SMILES string of the molecule is O=S1(=O)CCC(N2CCC(O)CC2)C1. The molecule has 5 heteroatoms. The Hall–Kier alpha value is -0.130. The van der Waals surface area contributed by atoms with Crippen LogP contribution in [0.4, 0.5) is 0 Å². The lowest BCUT2D eigenvalue weighted by Gasteiger charge is -2.33. The number of nitrogens with zero attached hydrogens (tertiary/aromatic N) is 1. The van der Waals surface area contributed by atoms with Gasteiger partial charge < -0.3 is 5.11 Å². The van der Waals surface area contributed by atoms with Crippen molar-refractivity contribution in [2.75, 3.05) is 24.6 Å². The minimum absolute atomic E-state index is 0.177. The summed E-state index contributed by atoms with van der Waals surface area (Å²) >= 11 is 0. The summed E-state index contributed by atoms with van der Waals surface area (Å²) in [5.41, 5.74) is 0. The molecule has 14 heavy (non-hydrogen) atoms. The average molecular weight is 219 g/mol. The molecule has 0 aliphatic carbocycles. The maximum atomic E-state index is 11.3. The zero-order chi connectivity index (χ0) is 10.2. The highest BCUT2D eigenvalue weighted by Crippen LogP contribution is 2.21. The molecule has 0 aromatic heterocycles. The van der Waals surface area contributed by atoms with E-state index < -0.39 is 9.84 Å². The summed E-state index contributed by atoms with van der Waals surface area (Å²) in [4.78, 5) is 2.22. The second-order valence-electron chi connectivity index (χ2n) is 4.32. The summed E-state index contributed by atoms with van der Waals surface area (Å²) in [5.74, 6) is 0.666. The van der Waals surface area contributed by atoms with E-state index in [0.717, 1.165) is 32.4 Å². The van der Waals surface area contributed by atoms with Crippen LogP contribution in [0.25, 0.3) is 0 Å².